The molecule has 2 aromatic carbocycles. The zero-order chi connectivity index (χ0) is 32.8. The number of rotatable bonds is 11. The third kappa shape index (κ3) is 8.21. The number of carbonyl (C=O) groups is 2. The van der Waals surface area contributed by atoms with E-state index in [4.69, 9.17) is 4.74 Å². The molecule has 2 aliphatic carbocycles. The quantitative estimate of drug-likeness (QED) is 0.232. The van der Waals surface area contributed by atoms with E-state index in [0.29, 0.717) is 30.3 Å². The molecule has 1 N–H and O–H groups in total. The number of ether oxygens (including phenoxy) is 1. The van der Waals surface area contributed by atoms with Crippen LogP contribution >= 0.6 is 0 Å². The number of benzene rings is 2. The van der Waals surface area contributed by atoms with Crippen LogP contribution in [-0.4, -0.2) is 41.8 Å². The topological polar surface area (TPSA) is 76.5 Å². The van der Waals surface area contributed by atoms with Crippen molar-refractivity contribution >= 4 is 17.5 Å². The Morgan fingerprint density at radius 3 is 2.28 bits per heavy atom. The van der Waals surface area contributed by atoms with Crippen LogP contribution in [0.5, 0.6) is 5.75 Å². The van der Waals surface area contributed by atoms with Crippen LogP contribution in [0.4, 0.5) is 5.69 Å². The van der Waals surface area contributed by atoms with E-state index in [0.717, 1.165) is 80.5 Å². The van der Waals surface area contributed by atoms with Crippen LogP contribution in [-0.2, 0) is 9.59 Å². The number of nitrogens with zero attached hydrogens (tertiary/aromatic N) is 3. The van der Waals surface area contributed by atoms with Crippen LogP contribution in [0.2, 0.25) is 0 Å². The normalized spacial score (nSPS) is 21.7. The number of aryl methyl sites for hydroxylation is 1. The van der Waals surface area contributed by atoms with Crippen molar-refractivity contribution in [2.75, 3.05) is 25.1 Å². The van der Waals surface area contributed by atoms with Gasteiger partial charge in [-0.05, 0) is 125 Å². The molecular formula is C39H54N4O3. The molecule has 3 aromatic rings. The molecule has 0 unspecified atom stereocenters. The Bertz CT molecular complexity index is 1460. The molecule has 0 spiro atoms. The smallest absolute Gasteiger partial charge is 0.230 e. The Hall–Kier alpha value is -3.61. The van der Waals surface area contributed by atoms with E-state index >= 15 is 0 Å². The number of hydrogen-bond donors (Lipinski definition) is 1. The second-order valence-corrected chi connectivity index (χ2v) is 14.4. The monoisotopic (exact) mass is 626 g/mol. The van der Waals surface area contributed by atoms with Gasteiger partial charge in [-0.3, -0.25) is 14.3 Å². The lowest BCUT2D eigenvalue weighted by Crippen LogP contribution is -2.42. The molecule has 2 aliphatic rings. The molecule has 0 atom stereocenters. The van der Waals surface area contributed by atoms with Gasteiger partial charge in [-0.1, -0.05) is 38.1 Å². The molecule has 248 valence electrons. The van der Waals surface area contributed by atoms with Crippen molar-refractivity contribution in [3.8, 4) is 16.9 Å². The van der Waals surface area contributed by atoms with Gasteiger partial charge in [0, 0.05) is 48.4 Å². The predicted octanol–water partition coefficient (Wildman–Crippen LogP) is 8.33. The Balaban J connectivity index is 1.30. The highest BCUT2D eigenvalue weighted by Gasteiger charge is 2.33. The summed E-state index contributed by atoms with van der Waals surface area (Å²) in [6, 6.07) is 15.4. The first-order chi connectivity index (χ1) is 22.1. The number of methoxy groups -OCH3 is 1. The lowest BCUT2D eigenvalue weighted by molar-refractivity contribution is -0.125. The van der Waals surface area contributed by atoms with Gasteiger partial charge in [0.05, 0.1) is 13.3 Å². The summed E-state index contributed by atoms with van der Waals surface area (Å²) < 4.78 is 7.47. The van der Waals surface area contributed by atoms with Gasteiger partial charge in [0.2, 0.25) is 11.8 Å². The first kappa shape index (κ1) is 33.7. The molecule has 5 rings (SSSR count). The van der Waals surface area contributed by atoms with Crippen LogP contribution < -0.4 is 15.0 Å². The fraction of sp³-hybridized carbons (Fsp3) is 0.564. The highest BCUT2D eigenvalue weighted by Crippen LogP contribution is 2.39. The first-order valence-corrected chi connectivity index (χ1v) is 17.5. The number of nitrogens with one attached hydrogen (secondary N) is 1. The maximum atomic E-state index is 14.4. The lowest BCUT2D eigenvalue weighted by Gasteiger charge is -2.36. The van der Waals surface area contributed by atoms with E-state index in [9.17, 15) is 9.59 Å². The molecule has 0 radical (unpaired) electrons. The van der Waals surface area contributed by atoms with Gasteiger partial charge in [-0.25, -0.2) is 0 Å². The molecule has 0 bridgehead atoms. The molecule has 7 heteroatoms. The number of hydrogen-bond acceptors (Lipinski definition) is 4. The molecule has 7 nitrogen and oxygen atoms in total. The van der Waals surface area contributed by atoms with Crippen molar-refractivity contribution in [1.29, 1.82) is 0 Å². The summed E-state index contributed by atoms with van der Waals surface area (Å²) in [4.78, 5) is 28.6. The predicted molar refractivity (Wildman–Crippen MR) is 186 cm³/mol. The van der Waals surface area contributed by atoms with E-state index in [1.807, 2.05) is 24.7 Å². The third-order valence-electron chi connectivity index (χ3n) is 10.4. The average Bonchev–Trinajstić information content (AvgIpc) is 3.57. The van der Waals surface area contributed by atoms with E-state index in [1.54, 1.807) is 7.11 Å². The summed E-state index contributed by atoms with van der Waals surface area (Å²) in [6.45, 7) is 11.7. The van der Waals surface area contributed by atoms with Gasteiger partial charge < -0.3 is 15.0 Å². The van der Waals surface area contributed by atoms with E-state index < -0.39 is 0 Å². The van der Waals surface area contributed by atoms with Gasteiger partial charge in [0.25, 0.3) is 0 Å². The summed E-state index contributed by atoms with van der Waals surface area (Å²) in [5.41, 5.74) is 5.74. The van der Waals surface area contributed by atoms with Crippen molar-refractivity contribution in [2.24, 2.45) is 23.7 Å². The van der Waals surface area contributed by atoms with Gasteiger partial charge in [0.1, 0.15) is 5.75 Å². The summed E-state index contributed by atoms with van der Waals surface area (Å²) in [5.74, 6) is 2.79. The SMILES string of the molecule is COc1ccc(C2CCC(CN(C(=O)C3CCC(CNC(=O)C(C)C)CC3)c3cccc(-c4cnn(C(C)C)c4)c3)CC2)cc1C. The summed E-state index contributed by atoms with van der Waals surface area (Å²) in [5, 5.41) is 7.67. The van der Waals surface area contributed by atoms with Crippen LogP contribution in [0.25, 0.3) is 11.1 Å². The summed E-state index contributed by atoms with van der Waals surface area (Å²) in [6.07, 6.45) is 12.2. The van der Waals surface area contributed by atoms with E-state index in [1.165, 1.54) is 11.1 Å². The van der Waals surface area contributed by atoms with Gasteiger partial charge in [-0.2, -0.15) is 5.10 Å². The summed E-state index contributed by atoms with van der Waals surface area (Å²) >= 11 is 0. The Morgan fingerprint density at radius 1 is 0.935 bits per heavy atom. The van der Waals surface area contributed by atoms with Crippen molar-refractivity contribution < 1.29 is 14.3 Å². The van der Waals surface area contributed by atoms with Crippen LogP contribution in [0.1, 0.15) is 102 Å². The summed E-state index contributed by atoms with van der Waals surface area (Å²) in [7, 11) is 1.73. The Labute approximate surface area is 276 Å². The standard InChI is InChI=1S/C39H54N4O3/c1-26(2)38(44)40-22-29-10-16-32(17-11-29)39(45)42(36-9-7-8-33(21-36)35-23-41-43(25-35)27(3)4)24-30-12-14-31(15-13-30)34-18-19-37(46-6)28(5)20-34/h7-9,18-21,23,25-27,29-32H,10-17,22,24H2,1-6H3,(H,40,44). The molecule has 1 aromatic heterocycles. The van der Waals surface area contributed by atoms with Gasteiger partial charge in [0.15, 0.2) is 0 Å². The zero-order valence-electron chi connectivity index (χ0n) is 28.8. The molecule has 1 heterocycles. The maximum Gasteiger partial charge on any atom is 0.230 e. The van der Waals surface area contributed by atoms with Gasteiger partial charge in [-0.15, -0.1) is 0 Å². The number of anilines is 1. The molecule has 2 saturated carbocycles. The Kier molecular flexibility index (Phi) is 11.2. The van der Waals surface area contributed by atoms with Crippen LogP contribution in [0.15, 0.2) is 54.9 Å². The highest BCUT2D eigenvalue weighted by atomic mass is 16.5. The number of carbonyl (C=O) groups excluding carboxylic acids is 2. The highest BCUT2D eigenvalue weighted by molar-refractivity contribution is 5.95. The van der Waals surface area contributed by atoms with Crippen LogP contribution in [0, 0.1) is 30.6 Å². The molecule has 2 amide bonds. The number of aromatic nitrogens is 2. The average molecular weight is 627 g/mol. The lowest BCUT2D eigenvalue weighted by atomic mass is 9.77. The van der Waals surface area contributed by atoms with Crippen LogP contribution in [0.3, 0.4) is 0 Å². The first-order valence-electron chi connectivity index (χ1n) is 17.5. The molecule has 0 saturated heterocycles. The fourth-order valence-corrected chi connectivity index (χ4v) is 7.32. The Morgan fingerprint density at radius 2 is 1.65 bits per heavy atom. The minimum atomic E-state index is -0.00246. The largest absolute Gasteiger partial charge is 0.496 e. The van der Waals surface area contributed by atoms with Gasteiger partial charge >= 0.3 is 0 Å². The van der Waals surface area contributed by atoms with E-state index in [-0.39, 0.29) is 23.7 Å². The van der Waals surface area contributed by atoms with Crippen molar-refractivity contribution in [3.63, 3.8) is 0 Å². The third-order valence-corrected chi connectivity index (χ3v) is 10.4. The number of amides is 2. The van der Waals surface area contributed by atoms with Crippen molar-refractivity contribution in [3.05, 3.63) is 66.0 Å². The van der Waals surface area contributed by atoms with Crippen molar-refractivity contribution in [2.45, 2.75) is 97.9 Å². The maximum absolute atomic E-state index is 14.4. The van der Waals surface area contributed by atoms with Crippen molar-refractivity contribution in [1.82, 2.24) is 15.1 Å². The van der Waals surface area contributed by atoms with E-state index in [2.05, 4.69) is 84.7 Å². The second kappa shape index (κ2) is 15.3. The minimum Gasteiger partial charge on any atom is -0.496 e. The molecule has 0 aliphatic heterocycles. The fourth-order valence-electron chi connectivity index (χ4n) is 7.32. The molecule has 46 heavy (non-hydrogen) atoms. The second-order valence-electron chi connectivity index (χ2n) is 14.4. The zero-order valence-corrected chi connectivity index (χ0v) is 28.8. The minimum absolute atomic E-state index is 0.00246. The molecular weight excluding hydrogens is 572 g/mol. The molecule has 2 fully saturated rings.